The number of aromatic nitrogens is 1. The molecule has 3 aliphatic heterocycles. The molecule has 2 amide bonds. The van der Waals surface area contributed by atoms with Gasteiger partial charge in [0, 0.05) is 26.3 Å². The van der Waals surface area contributed by atoms with Gasteiger partial charge in [-0.05, 0) is 25.3 Å². The molecule has 8 nitrogen and oxygen atoms in total. The van der Waals surface area contributed by atoms with Crippen LogP contribution >= 0.6 is 0 Å². The lowest BCUT2D eigenvalue weighted by Gasteiger charge is -2.32. The third kappa shape index (κ3) is 2.92. The van der Waals surface area contributed by atoms with Gasteiger partial charge < -0.3 is 24.6 Å². The molecule has 4 aliphatic rings. The van der Waals surface area contributed by atoms with E-state index in [4.69, 9.17) is 9.47 Å². The highest BCUT2D eigenvalue weighted by Crippen LogP contribution is 2.44. The van der Waals surface area contributed by atoms with E-state index in [2.05, 4.69) is 10.3 Å². The Hall–Kier alpha value is -2.35. The number of likely N-dealkylation sites (tertiary alicyclic amines) is 1. The summed E-state index contributed by atoms with van der Waals surface area (Å²) < 4.78 is 10.9. The third-order valence-corrected chi connectivity index (χ3v) is 6.17. The van der Waals surface area contributed by atoms with E-state index in [1.165, 1.54) is 0 Å². The maximum absolute atomic E-state index is 12.9. The van der Waals surface area contributed by atoms with Crippen molar-refractivity contribution < 1.29 is 19.1 Å². The summed E-state index contributed by atoms with van der Waals surface area (Å²) in [5.41, 5.74) is 0.598. The van der Waals surface area contributed by atoms with Crippen LogP contribution in [0.4, 0.5) is 5.82 Å². The van der Waals surface area contributed by atoms with E-state index < -0.39 is 0 Å². The number of amides is 2. The van der Waals surface area contributed by atoms with Crippen LogP contribution in [-0.4, -0.2) is 78.1 Å². The summed E-state index contributed by atoms with van der Waals surface area (Å²) in [7, 11) is 1.83. The van der Waals surface area contributed by atoms with Gasteiger partial charge in [-0.25, -0.2) is 4.98 Å². The number of nitrogens with zero attached hydrogens (tertiary/aromatic N) is 3. The number of hydrogen-bond donors (Lipinski definition) is 1. The van der Waals surface area contributed by atoms with Crippen molar-refractivity contribution in [2.75, 3.05) is 45.3 Å². The number of carbonyl (C=O) groups excluding carboxylic acids is 2. The lowest BCUT2D eigenvalue weighted by molar-refractivity contribution is -0.150. The van der Waals surface area contributed by atoms with Crippen LogP contribution in [-0.2, 0) is 9.53 Å². The quantitative estimate of drug-likeness (QED) is 0.843. The fourth-order valence-electron chi connectivity index (χ4n) is 3.96. The molecule has 0 radical (unpaired) electrons. The van der Waals surface area contributed by atoms with E-state index >= 15 is 0 Å². The van der Waals surface area contributed by atoms with Crippen LogP contribution in [0.2, 0.25) is 0 Å². The summed E-state index contributed by atoms with van der Waals surface area (Å²) in [4.78, 5) is 33.3. The number of pyridine rings is 1. The molecule has 0 unspecified atom stereocenters. The van der Waals surface area contributed by atoms with Crippen molar-refractivity contribution in [3.05, 3.63) is 17.8 Å². The molecule has 1 aromatic rings. The zero-order chi connectivity index (χ0) is 18.6. The molecule has 4 heterocycles. The van der Waals surface area contributed by atoms with Gasteiger partial charge in [-0.3, -0.25) is 9.59 Å². The minimum Gasteiger partial charge on any atom is -0.487 e. The SMILES string of the molecule is CN(C(=O)C1COC1)[C@H]1CCN(C(=O)c2cnc3c(c2)OCC2(CC2)N3)C1. The molecular weight excluding hydrogens is 348 g/mol. The lowest BCUT2D eigenvalue weighted by Crippen LogP contribution is -2.48. The summed E-state index contributed by atoms with van der Waals surface area (Å²) in [6.07, 6.45) is 4.61. The normalized spacial score (nSPS) is 25.2. The molecule has 1 saturated carbocycles. The molecule has 0 aromatic carbocycles. The van der Waals surface area contributed by atoms with Crippen LogP contribution in [0.3, 0.4) is 0 Å². The molecule has 27 heavy (non-hydrogen) atoms. The Kier molecular flexibility index (Phi) is 3.79. The van der Waals surface area contributed by atoms with E-state index in [0.717, 1.165) is 25.1 Å². The second kappa shape index (κ2) is 6.09. The van der Waals surface area contributed by atoms with Crippen molar-refractivity contribution in [2.45, 2.75) is 30.8 Å². The third-order valence-electron chi connectivity index (χ3n) is 6.17. The highest BCUT2D eigenvalue weighted by molar-refractivity contribution is 5.95. The molecule has 1 aromatic heterocycles. The standard InChI is InChI=1S/C19H24N4O4/c1-22(17(24)13-9-26-10-13)14-2-5-23(8-14)18(25)12-6-15-16(20-7-12)21-19(3-4-19)11-27-15/h6-7,13-14H,2-5,8-11H2,1H3,(H,20,21)/t14-/m0/s1. The molecule has 3 fully saturated rings. The van der Waals surface area contributed by atoms with Crippen molar-refractivity contribution in [3.63, 3.8) is 0 Å². The van der Waals surface area contributed by atoms with E-state index in [1.807, 2.05) is 7.05 Å². The number of carbonyl (C=O) groups is 2. The molecule has 2 saturated heterocycles. The maximum atomic E-state index is 12.9. The Morgan fingerprint density at radius 1 is 1.37 bits per heavy atom. The smallest absolute Gasteiger partial charge is 0.255 e. The summed E-state index contributed by atoms with van der Waals surface area (Å²) in [5.74, 6) is 1.40. The number of rotatable bonds is 3. The van der Waals surface area contributed by atoms with Gasteiger partial charge in [-0.2, -0.15) is 0 Å². The van der Waals surface area contributed by atoms with Gasteiger partial charge in [-0.1, -0.05) is 0 Å². The van der Waals surface area contributed by atoms with Crippen molar-refractivity contribution in [3.8, 4) is 5.75 Å². The minimum absolute atomic E-state index is 0.0241. The first kappa shape index (κ1) is 16.8. The van der Waals surface area contributed by atoms with Crippen LogP contribution in [0.25, 0.3) is 0 Å². The van der Waals surface area contributed by atoms with Gasteiger partial charge in [0.25, 0.3) is 5.91 Å². The van der Waals surface area contributed by atoms with Gasteiger partial charge in [0.05, 0.1) is 36.3 Å². The summed E-state index contributed by atoms with van der Waals surface area (Å²) in [6, 6.07) is 1.83. The Morgan fingerprint density at radius 3 is 2.89 bits per heavy atom. The van der Waals surface area contributed by atoms with Gasteiger partial charge in [0.1, 0.15) is 6.61 Å². The van der Waals surface area contributed by atoms with Crippen molar-refractivity contribution >= 4 is 17.6 Å². The monoisotopic (exact) mass is 372 g/mol. The predicted molar refractivity (Wildman–Crippen MR) is 96.7 cm³/mol. The number of fused-ring (bicyclic) bond motifs is 1. The molecule has 8 heteroatoms. The molecule has 1 N–H and O–H groups in total. The first-order chi connectivity index (χ1) is 13.0. The number of likely N-dealkylation sites (N-methyl/N-ethyl adjacent to an activating group) is 1. The van der Waals surface area contributed by atoms with E-state index in [-0.39, 0.29) is 29.3 Å². The Morgan fingerprint density at radius 2 is 2.19 bits per heavy atom. The summed E-state index contributed by atoms with van der Waals surface area (Å²) in [5, 5.41) is 3.42. The second-order valence-corrected chi connectivity index (χ2v) is 8.14. The average Bonchev–Trinajstić information content (AvgIpc) is 3.19. The molecule has 5 rings (SSSR count). The van der Waals surface area contributed by atoms with Crippen molar-refractivity contribution in [2.24, 2.45) is 5.92 Å². The average molecular weight is 372 g/mol. The first-order valence-corrected chi connectivity index (χ1v) is 9.59. The molecule has 1 aliphatic carbocycles. The molecule has 1 spiro atoms. The lowest BCUT2D eigenvalue weighted by atomic mass is 10.1. The second-order valence-electron chi connectivity index (χ2n) is 8.14. The number of ether oxygens (including phenoxy) is 2. The Labute approximate surface area is 157 Å². The highest BCUT2D eigenvalue weighted by atomic mass is 16.5. The molecule has 1 atom stereocenters. The van der Waals surface area contributed by atoms with Gasteiger partial charge in [0.2, 0.25) is 5.91 Å². The van der Waals surface area contributed by atoms with Gasteiger partial charge in [0.15, 0.2) is 11.6 Å². The zero-order valence-corrected chi connectivity index (χ0v) is 15.4. The van der Waals surface area contributed by atoms with Crippen molar-refractivity contribution in [1.82, 2.24) is 14.8 Å². The van der Waals surface area contributed by atoms with Crippen LogP contribution in [0.1, 0.15) is 29.6 Å². The van der Waals surface area contributed by atoms with E-state index in [1.54, 1.807) is 22.1 Å². The topological polar surface area (TPSA) is 84.0 Å². The van der Waals surface area contributed by atoms with Crippen LogP contribution < -0.4 is 10.1 Å². The predicted octanol–water partition coefficient (Wildman–Crippen LogP) is 0.738. The van der Waals surface area contributed by atoms with Crippen LogP contribution in [0.15, 0.2) is 12.3 Å². The van der Waals surface area contributed by atoms with Gasteiger partial charge in [-0.15, -0.1) is 0 Å². The summed E-state index contributed by atoms with van der Waals surface area (Å²) in [6.45, 7) is 2.84. The maximum Gasteiger partial charge on any atom is 0.255 e. The zero-order valence-electron chi connectivity index (χ0n) is 15.4. The largest absolute Gasteiger partial charge is 0.487 e. The summed E-state index contributed by atoms with van der Waals surface area (Å²) >= 11 is 0. The molecule has 0 bridgehead atoms. The number of anilines is 1. The fraction of sp³-hybridized carbons (Fsp3) is 0.632. The van der Waals surface area contributed by atoms with E-state index in [9.17, 15) is 9.59 Å². The minimum atomic E-state index is -0.0593. The first-order valence-electron chi connectivity index (χ1n) is 9.59. The number of nitrogens with one attached hydrogen (secondary N) is 1. The fourth-order valence-corrected chi connectivity index (χ4v) is 3.96. The van der Waals surface area contributed by atoms with Crippen LogP contribution in [0.5, 0.6) is 5.75 Å². The molecule has 144 valence electrons. The van der Waals surface area contributed by atoms with Crippen molar-refractivity contribution in [1.29, 1.82) is 0 Å². The Bertz CT molecular complexity index is 790. The van der Waals surface area contributed by atoms with Gasteiger partial charge >= 0.3 is 0 Å². The van der Waals surface area contributed by atoms with Crippen LogP contribution in [0, 0.1) is 5.92 Å². The van der Waals surface area contributed by atoms with E-state index in [0.29, 0.717) is 44.2 Å². The molecular formula is C19H24N4O4. The highest BCUT2D eigenvalue weighted by Gasteiger charge is 2.47. The number of hydrogen-bond acceptors (Lipinski definition) is 6. The Balaban J connectivity index is 1.24.